The van der Waals surface area contributed by atoms with Crippen LogP contribution < -0.4 is 5.32 Å². The summed E-state index contributed by atoms with van der Waals surface area (Å²) in [6.07, 6.45) is 3.94. The summed E-state index contributed by atoms with van der Waals surface area (Å²) in [6.45, 7) is 9.66. The summed E-state index contributed by atoms with van der Waals surface area (Å²) in [5.74, 6) is 1.65. The molecule has 0 aromatic carbocycles. The molecule has 1 aromatic rings. The molecule has 1 N–H and O–H groups in total. The van der Waals surface area contributed by atoms with Crippen molar-refractivity contribution in [2.24, 2.45) is 5.92 Å². The Bertz CT molecular complexity index is 310. The SMILES string of the molecule is CCNC(Cc1nccc(C)n1)CC(C)C. The van der Waals surface area contributed by atoms with Gasteiger partial charge in [-0.05, 0) is 31.9 Å². The van der Waals surface area contributed by atoms with E-state index in [0.29, 0.717) is 12.0 Å². The molecule has 3 nitrogen and oxygen atoms in total. The molecule has 0 aliphatic heterocycles. The number of hydrogen-bond donors (Lipinski definition) is 1. The maximum atomic E-state index is 4.45. The minimum absolute atomic E-state index is 0.492. The van der Waals surface area contributed by atoms with Crippen molar-refractivity contribution in [1.82, 2.24) is 15.3 Å². The Labute approximate surface area is 98.7 Å². The lowest BCUT2D eigenvalue weighted by molar-refractivity contribution is 0.418. The highest BCUT2D eigenvalue weighted by molar-refractivity contribution is 5.01. The lowest BCUT2D eigenvalue weighted by atomic mass is 10.0. The summed E-state index contributed by atoms with van der Waals surface area (Å²) in [5.41, 5.74) is 1.05. The molecule has 0 aliphatic rings. The molecule has 0 saturated heterocycles. The fraction of sp³-hybridized carbons (Fsp3) is 0.692. The van der Waals surface area contributed by atoms with E-state index in [4.69, 9.17) is 0 Å². The minimum atomic E-state index is 0.492. The van der Waals surface area contributed by atoms with Gasteiger partial charge in [0.1, 0.15) is 5.82 Å². The maximum Gasteiger partial charge on any atom is 0.130 e. The molecule has 0 amide bonds. The van der Waals surface area contributed by atoms with Gasteiger partial charge in [-0.3, -0.25) is 0 Å². The third kappa shape index (κ3) is 4.71. The summed E-state index contributed by atoms with van der Waals surface area (Å²) in [6, 6.07) is 2.43. The average Bonchev–Trinajstić information content (AvgIpc) is 2.16. The smallest absolute Gasteiger partial charge is 0.130 e. The van der Waals surface area contributed by atoms with Crippen molar-refractivity contribution >= 4 is 0 Å². The summed E-state index contributed by atoms with van der Waals surface area (Å²) in [5, 5.41) is 3.50. The number of likely N-dealkylation sites (N-methyl/N-ethyl adjacent to an activating group) is 1. The first kappa shape index (κ1) is 13.1. The van der Waals surface area contributed by atoms with Gasteiger partial charge in [0.15, 0.2) is 0 Å². The van der Waals surface area contributed by atoms with Crippen LogP contribution in [0.25, 0.3) is 0 Å². The molecular weight excluding hydrogens is 198 g/mol. The van der Waals surface area contributed by atoms with E-state index in [1.54, 1.807) is 0 Å². The van der Waals surface area contributed by atoms with Crippen molar-refractivity contribution in [3.63, 3.8) is 0 Å². The third-order valence-electron chi connectivity index (χ3n) is 2.52. The normalized spacial score (nSPS) is 13.1. The van der Waals surface area contributed by atoms with Crippen LogP contribution in [-0.4, -0.2) is 22.6 Å². The molecular formula is C13H23N3. The number of nitrogens with one attached hydrogen (secondary N) is 1. The molecule has 0 bridgehead atoms. The molecule has 1 aromatic heterocycles. The monoisotopic (exact) mass is 221 g/mol. The summed E-state index contributed by atoms with van der Waals surface area (Å²) in [7, 11) is 0. The summed E-state index contributed by atoms with van der Waals surface area (Å²) >= 11 is 0. The highest BCUT2D eigenvalue weighted by Crippen LogP contribution is 2.08. The molecule has 0 fully saturated rings. The van der Waals surface area contributed by atoms with Crippen molar-refractivity contribution in [2.45, 2.75) is 46.6 Å². The van der Waals surface area contributed by atoms with Gasteiger partial charge in [-0.1, -0.05) is 20.8 Å². The zero-order valence-corrected chi connectivity index (χ0v) is 10.8. The van der Waals surface area contributed by atoms with E-state index in [2.05, 4.69) is 36.1 Å². The topological polar surface area (TPSA) is 37.8 Å². The number of hydrogen-bond acceptors (Lipinski definition) is 3. The molecule has 1 heterocycles. The molecule has 90 valence electrons. The zero-order chi connectivity index (χ0) is 12.0. The van der Waals surface area contributed by atoms with Crippen LogP contribution in [0.3, 0.4) is 0 Å². The second-order valence-corrected chi connectivity index (χ2v) is 4.70. The Morgan fingerprint density at radius 1 is 1.38 bits per heavy atom. The molecule has 1 unspecified atom stereocenters. The number of rotatable bonds is 6. The Morgan fingerprint density at radius 3 is 2.69 bits per heavy atom. The van der Waals surface area contributed by atoms with Crippen molar-refractivity contribution < 1.29 is 0 Å². The number of aromatic nitrogens is 2. The first-order chi connectivity index (χ1) is 7.61. The Morgan fingerprint density at radius 2 is 2.12 bits per heavy atom. The molecule has 0 saturated carbocycles. The van der Waals surface area contributed by atoms with Gasteiger partial charge in [0.2, 0.25) is 0 Å². The zero-order valence-electron chi connectivity index (χ0n) is 10.8. The predicted octanol–water partition coefficient (Wildman–Crippen LogP) is 2.35. The van der Waals surface area contributed by atoms with E-state index < -0.39 is 0 Å². The van der Waals surface area contributed by atoms with Crippen molar-refractivity contribution in [3.8, 4) is 0 Å². The van der Waals surface area contributed by atoms with Crippen LogP contribution >= 0.6 is 0 Å². The van der Waals surface area contributed by atoms with E-state index in [-0.39, 0.29) is 0 Å². The lowest BCUT2D eigenvalue weighted by Gasteiger charge is -2.19. The van der Waals surface area contributed by atoms with Gasteiger partial charge in [-0.15, -0.1) is 0 Å². The second-order valence-electron chi connectivity index (χ2n) is 4.70. The van der Waals surface area contributed by atoms with Crippen molar-refractivity contribution in [2.75, 3.05) is 6.54 Å². The molecule has 0 radical (unpaired) electrons. The van der Waals surface area contributed by atoms with Crippen LogP contribution in [0.2, 0.25) is 0 Å². The fourth-order valence-electron chi connectivity index (χ4n) is 1.92. The van der Waals surface area contributed by atoms with Crippen LogP contribution in [0.15, 0.2) is 12.3 Å². The highest BCUT2D eigenvalue weighted by atomic mass is 14.9. The van der Waals surface area contributed by atoms with Crippen LogP contribution in [0.4, 0.5) is 0 Å². The number of aryl methyl sites for hydroxylation is 1. The van der Waals surface area contributed by atoms with E-state index in [0.717, 1.165) is 24.5 Å². The van der Waals surface area contributed by atoms with E-state index in [9.17, 15) is 0 Å². The van der Waals surface area contributed by atoms with Gasteiger partial charge in [0, 0.05) is 24.4 Å². The van der Waals surface area contributed by atoms with Crippen LogP contribution in [-0.2, 0) is 6.42 Å². The van der Waals surface area contributed by atoms with Gasteiger partial charge >= 0.3 is 0 Å². The standard InChI is InChI=1S/C13H23N3/c1-5-14-12(8-10(2)3)9-13-15-7-6-11(4)16-13/h6-7,10,12,14H,5,8-9H2,1-4H3. The van der Waals surface area contributed by atoms with E-state index in [1.807, 2.05) is 19.2 Å². The lowest BCUT2D eigenvalue weighted by Crippen LogP contribution is -2.32. The molecule has 1 rings (SSSR count). The molecule has 16 heavy (non-hydrogen) atoms. The van der Waals surface area contributed by atoms with Crippen LogP contribution in [0.1, 0.15) is 38.7 Å². The molecule has 3 heteroatoms. The molecule has 0 aliphatic carbocycles. The van der Waals surface area contributed by atoms with Crippen molar-refractivity contribution in [1.29, 1.82) is 0 Å². The van der Waals surface area contributed by atoms with Crippen LogP contribution in [0.5, 0.6) is 0 Å². The van der Waals surface area contributed by atoms with Gasteiger partial charge < -0.3 is 5.32 Å². The van der Waals surface area contributed by atoms with Gasteiger partial charge in [0.05, 0.1) is 0 Å². The average molecular weight is 221 g/mol. The first-order valence-corrected chi connectivity index (χ1v) is 6.13. The van der Waals surface area contributed by atoms with Crippen molar-refractivity contribution in [3.05, 3.63) is 23.8 Å². The minimum Gasteiger partial charge on any atom is -0.314 e. The second kappa shape index (κ2) is 6.59. The summed E-state index contributed by atoms with van der Waals surface area (Å²) in [4.78, 5) is 8.77. The largest absolute Gasteiger partial charge is 0.314 e. The Kier molecular flexibility index (Phi) is 5.39. The first-order valence-electron chi connectivity index (χ1n) is 6.13. The predicted molar refractivity (Wildman–Crippen MR) is 67.4 cm³/mol. The Balaban J connectivity index is 2.60. The number of nitrogens with zero attached hydrogens (tertiary/aromatic N) is 2. The fourth-order valence-corrected chi connectivity index (χ4v) is 1.92. The third-order valence-corrected chi connectivity index (χ3v) is 2.52. The van der Waals surface area contributed by atoms with Gasteiger partial charge in [0.25, 0.3) is 0 Å². The van der Waals surface area contributed by atoms with Gasteiger partial charge in [-0.2, -0.15) is 0 Å². The maximum absolute atomic E-state index is 4.45. The Hall–Kier alpha value is -0.960. The van der Waals surface area contributed by atoms with Crippen LogP contribution in [0, 0.1) is 12.8 Å². The van der Waals surface area contributed by atoms with E-state index in [1.165, 1.54) is 6.42 Å². The highest BCUT2D eigenvalue weighted by Gasteiger charge is 2.11. The molecule has 0 spiro atoms. The van der Waals surface area contributed by atoms with Gasteiger partial charge in [-0.25, -0.2) is 9.97 Å². The van der Waals surface area contributed by atoms with E-state index >= 15 is 0 Å². The quantitative estimate of drug-likeness (QED) is 0.801. The molecule has 1 atom stereocenters. The summed E-state index contributed by atoms with van der Waals surface area (Å²) < 4.78 is 0.